The van der Waals surface area contributed by atoms with Gasteiger partial charge in [0.05, 0.1) is 6.04 Å². The third-order valence-corrected chi connectivity index (χ3v) is 3.40. The molecule has 0 aliphatic carbocycles. The number of carboxylic acids is 1. The van der Waals surface area contributed by atoms with Crippen LogP contribution in [0.1, 0.15) is 22.1 Å². The fourth-order valence-electron chi connectivity index (χ4n) is 2.42. The average molecular weight is 286 g/mol. The van der Waals surface area contributed by atoms with Crippen molar-refractivity contribution in [3.05, 3.63) is 53.9 Å². The molecule has 1 atom stereocenters. The van der Waals surface area contributed by atoms with Crippen molar-refractivity contribution in [1.29, 1.82) is 0 Å². The highest BCUT2D eigenvalue weighted by Gasteiger charge is 2.25. The van der Waals surface area contributed by atoms with E-state index in [1.165, 1.54) is 10.6 Å². The van der Waals surface area contributed by atoms with Gasteiger partial charge >= 0.3 is 5.97 Å². The smallest absolute Gasteiger partial charge is 0.352 e. The molecule has 2 heterocycles. The summed E-state index contributed by atoms with van der Waals surface area (Å²) in [6, 6.07) is 10.4. The molecule has 6 nitrogen and oxygen atoms in total. The van der Waals surface area contributed by atoms with Gasteiger partial charge < -0.3 is 19.7 Å². The first kappa shape index (κ1) is 13.2. The molecule has 0 radical (unpaired) electrons. The molecule has 0 bridgehead atoms. The molecular weight excluding hydrogens is 272 g/mol. The second-order valence-corrected chi connectivity index (χ2v) is 4.80. The summed E-state index contributed by atoms with van der Waals surface area (Å²) in [6.07, 6.45) is 1.57. The third kappa shape index (κ3) is 2.60. The molecule has 0 fully saturated rings. The molecule has 2 aromatic rings. The molecule has 1 unspecified atom stereocenters. The fraction of sp³-hybridized carbons (Fsp3) is 0.200. The molecule has 1 aliphatic rings. The van der Waals surface area contributed by atoms with E-state index in [0.29, 0.717) is 6.61 Å². The summed E-state index contributed by atoms with van der Waals surface area (Å²) in [5.41, 5.74) is 1.03. The molecule has 21 heavy (non-hydrogen) atoms. The molecular formula is C15H14N2O4. The Morgan fingerprint density at radius 3 is 2.90 bits per heavy atom. The van der Waals surface area contributed by atoms with E-state index in [1.807, 2.05) is 24.3 Å². The molecule has 1 aromatic carbocycles. The molecule has 1 amide bonds. The number of hydrogen-bond donors (Lipinski definition) is 2. The van der Waals surface area contributed by atoms with Crippen LogP contribution in [0.3, 0.4) is 0 Å². The van der Waals surface area contributed by atoms with E-state index in [4.69, 9.17) is 9.84 Å². The van der Waals surface area contributed by atoms with Gasteiger partial charge in [0.25, 0.3) is 0 Å². The molecule has 0 spiro atoms. The lowest BCUT2D eigenvalue weighted by Crippen LogP contribution is -2.32. The maximum atomic E-state index is 12.1. The number of amides is 1. The van der Waals surface area contributed by atoms with Crippen molar-refractivity contribution in [2.75, 3.05) is 6.61 Å². The summed E-state index contributed by atoms with van der Waals surface area (Å²) in [4.78, 5) is 23.1. The van der Waals surface area contributed by atoms with Crippen molar-refractivity contribution in [3.8, 4) is 5.75 Å². The van der Waals surface area contributed by atoms with E-state index < -0.39 is 5.97 Å². The van der Waals surface area contributed by atoms with Crippen LogP contribution < -0.4 is 10.1 Å². The Hall–Kier alpha value is -2.76. The number of ether oxygens (including phenoxy) is 1. The van der Waals surface area contributed by atoms with E-state index in [9.17, 15) is 9.59 Å². The van der Waals surface area contributed by atoms with Crippen LogP contribution in [0, 0.1) is 0 Å². The number of nitrogens with zero attached hydrogens (tertiary/aromatic N) is 1. The van der Waals surface area contributed by atoms with E-state index in [0.717, 1.165) is 11.3 Å². The maximum absolute atomic E-state index is 12.1. The van der Waals surface area contributed by atoms with E-state index in [-0.39, 0.29) is 24.2 Å². The van der Waals surface area contributed by atoms with Gasteiger partial charge in [-0.25, -0.2) is 4.79 Å². The lowest BCUT2D eigenvalue weighted by Gasteiger charge is -2.13. The third-order valence-electron chi connectivity index (χ3n) is 3.40. The number of para-hydroxylation sites is 1. The van der Waals surface area contributed by atoms with Gasteiger partial charge in [0.1, 0.15) is 24.6 Å². The summed E-state index contributed by atoms with van der Waals surface area (Å²) in [6.45, 7) is 0.357. The predicted octanol–water partition coefficient (Wildman–Crippen LogP) is 1.44. The number of aromatic carboxylic acids is 1. The molecule has 108 valence electrons. The van der Waals surface area contributed by atoms with Crippen LogP contribution in [0.15, 0.2) is 42.6 Å². The largest absolute Gasteiger partial charge is 0.491 e. The fourth-order valence-corrected chi connectivity index (χ4v) is 2.42. The highest BCUT2D eigenvalue weighted by Crippen LogP contribution is 2.31. The first-order chi connectivity index (χ1) is 10.1. The van der Waals surface area contributed by atoms with Gasteiger partial charge in [0.15, 0.2) is 0 Å². The van der Waals surface area contributed by atoms with Crippen LogP contribution in [-0.4, -0.2) is 28.2 Å². The van der Waals surface area contributed by atoms with Gasteiger partial charge in [-0.2, -0.15) is 0 Å². The van der Waals surface area contributed by atoms with Crippen LogP contribution in [0.5, 0.6) is 5.75 Å². The maximum Gasteiger partial charge on any atom is 0.352 e. The minimum absolute atomic E-state index is 0.0344. The monoisotopic (exact) mass is 286 g/mol. The minimum Gasteiger partial charge on any atom is -0.491 e. The zero-order chi connectivity index (χ0) is 14.8. The van der Waals surface area contributed by atoms with E-state index in [1.54, 1.807) is 12.3 Å². The lowest BCUT2D eigenvalue weighted by molar-refractivity contribution is -0.122. The van der Waals surface area contributed by atoms with Crippen molar-refractivity contribution in [1.82, 2.24) is 9.88 Å². The Labute approximate surface area is 121 Å². The molecule has 6 heteroatoms. The Morgan fingerprint density at radius 1 is 1.29 bits per heavy atom. The van der Waals surface area contributed by atoms with Gasteiger partial charge in [0.2, 0.25) is 5.91 Å². The second-order valence-electron chi connectivity index (χ2n) is 4.80. The SMILES string of the molecule is O=C(Cn1cccc1C(=O)O)NC1COc2ccccc21. The van der Waals surface area contributed by atoms with E-state index in [2.05, 4.69) is 5.32 Å². The molecule has 0 saturated heterocycles. The molecule has 2 N–H and O–H groups in total. The molecule has 1 aromatic heterocycles. The molecule has 1 aliphatic heterocycles. The average Bonchev–Trinajstić information content (AvgIpc) is 3.06. The van der Waals surface area contributed by atoms with Gasteiger partial charge in [-0.05, 0) is 18.2 Å². The summed E-state index contributed by atoms with van der Waals surface area (Å²) in [5.74, 6) is -0.531. The quantitative estimate of drug-likeness (QED) is 0.891. The Kier molecular flexibility index (Phi) is 3.35. The lowest BCUT2D eigenvalue weighted by atomic mass is 10.1. The number of benzene rings is 1. The van der Waals surface area contributed by atoms with Gasteiger partial charge in [-0.3, -0.25) is 4.79 Å². The number of hydrogen-bond acceptors (Lipinski definition) is 3. The van der Waals surface area contributed by atoms with Gasteiger partial charge in [0, 0.05) is 11.8 Å². The standard InChI is InChI=1S/C15H14N2O4/c18-14(8-17-7-3-5-12(17)15(19)20)16-11-9-21-13-6-2-1-4-10(11)13/h1-7,11H,8-9H2,(H,16,18)(H,19,20). The zero-order valence-corrected chi connectivity index (χ0v) is 11.2. The van der Waals surface area contributed by atoms with Crippen molar-refractivity contribution in [2.24, 2.45) is 0 Å². The first-order valence-electron chi connectivity index (χ1n) is 6.54. The van der Waals surface area contributed by atoms with Crippen LogP contribution >= 0.6 is 0 Å². The van der Waals surface area contributed by atoms with Crippen molar-refractivity contribution in [2.45, 2.75) is 12.6 Å². The summed E-state index contributed by atoms with van der Waals surface area (Å²) < 4.78 is 6.90. The summed E-state index contributed by atoms with van der Waals surface area (Å²) >= 11 is 0. The van der Waals surface area contributed by atoms with Crippen LogP contribution in [0.25, 0.3) is 0 Å². The first-order valence-corrected chi connectivity index (χ1v) is 6.54. The Morgan fingerprint density at radius 2 is 2.10 bits per heavy atom. The topological polar surface area (TPSA) is 80.6 Å². The van der Waals surface area contributed by atoms with Gasteiger partial charge in [-0.15, -0.1) is 0 Å². The summed E-state index contributed by atoms with van der Waals surface area (Å²) in [7, 11) is 0. The molecule has 3 rings (SSSR count). The summed E-state index contributed by atoms with van der Waals surface area (Å²) in [5, 5.41) is 11.9. The zero-order valence-electron chi connectivity index (χ0n) is 11.2. The highest BCUT2D eigenvalue weighted by molar-refractivity contribution is 5.87. The van der Waals surface area contributed by atoms with Crippen molar-refractivity contribution >= 4 is 11.9 Å². The Balaban J connectivity index is 1.68. The Bertz CT molecular complexity index is 692. The van der Waals surface area contributed by atoms with E-state index >= 15 is 0 Å². The number of fused-ring (bicyclic) bond motifs is 1. The number of carboxylic acid groups (broad SMARTS) is 1. The van der Waals surface area contributed by atoms with Crippen LogP contribution in [-0.2, 0) is 11.3 Å². The highest BCUT2D eigenvalue weighted by atomic mass is 16.5. The number of carbonyl (C=O) groups excluding carboxylic acids is 1. The number of aromatic nitrogens is 1. The van der Waals surface area contributed by atoms with Crippen molar-refractivity contribution in [3.63, 3.8) is 0 Å². The number of nitrogens with one attached hydrogen (secondary N) is 1. The second kappa shape index (κ2) is 5.32. The number of carbonyl (C=O) groups is 2. The normalized spacial score (nSPS) is 16.1. The van der Waals surface area contributed by atoms with Crippen molar-refractivity contribution < 1.29 is 19.4 Å². The van der Waals surface area contributed by atoms with Crippen LogP contribution in [0.4, 0.5) is 0 Å². The minimum atomic E-state index is -1.05. The van der Waals surface area contributed by atoms with Crippen LogP contribution in [0.2, 0.25) is 0 Å². The van der Waals surface area contributed by atoms with Gasteiger partial charge in [-0.1, -0.05) is 18.2 Å². The molecule has 0 saturated carbocycles. The predicted molar refractivity (Wildman–Crippen MR) is 74.2 cm³/mol. The number of rotatable bonds is 4.